The van der Waals surface area contributed by atoms with Crippen molar-refractivity contribution in [3.8, 4) is 5.75 Å². The van der Waals surface area contributed by atoms with Gasteiger partial charge in [0.1, 0.15) is 5.75 Å². The van der Waals surface area contributed by atoms with Crippen LogP contribution in [0.3, 0.4) is 0 Å². The van der Waals surface area contributed by atoms with Crippen molar-refractivity contribution in [3.63, 3.8) is 0 Å². The van der Waals surface area contributed by atoms with E-state index >= 15 is 0 Å². The van der Waals surface area contributed by atoms with Gasteiger partial charge in [-0.05, 0) is 50.0 Å². The molecule has 0 bridgehead atoms. The zero-order valence-corrected chi connectivity index (χ0v) is 15.6. The molecule has 8 heteroatoms. The number of hydrogen-bond donors (Lipinski definition) is 2. The van der Waals surface area contributed by atoms with Crippen LogP contribution in [0.2, 0.25) is 0 Å². The summed E-state index contributed by atoms with van der Waals surface area (Å²) < 4.78 is 28.1. The van der Waals surface area contributed by atoms with Crippen LogP contribution in [0.5, 0.6) is 5.75 Å². The molecule has 2 N–H and O–H groups in total. The molecule has 1 fully saturated rings. The molecule has 0 atom stereocenters. The summed E-state index contributed by atoms with van der Waals surface area (Å²) in [6.07, 6.45) is 2.44. The molecule has 0 radical (unpaired) electrons. The molecule has 1 aromatic rings. The number of sulfone groups is 1. The molecule has 0 unspecified atom stereocenters. The van der Waals surface area contributed by atoms with Crippen LogP contribution in [-0.2, 0) is 21.1 Å². The quantitative estimate of drug-likeness (QED) is 0.772. The molecule has 0 aromatic heterocycles. The highest BCUT2D eigenvalue weighted by molar-refractivity contribution is 7.92. The van der Waals surface area contributed by atoms with Crippen LogP contribution in [-0.4, -0.2) is 52.1 Å². The van der Waals surface area contributed by atoms with Crippen LogP contribution in [0, 0.1) is 0 Å². The summed E-state index contributed by atoms with van der Waals surface area (Å²) in [6, 6.07) is 7.59. The van der Waals surface area contributed by atoms with Gasteiger partial charge in [-0.15, -0.1) is 12.4 Å². The van der Waals surface area contributed by atoms with E-state index in [-0.39, 0.29) is 18.3 Å². The number of hydrogen-bond acceptors (Lipinski definition) is 5. The second-order valence-electron chi connectivity index (χ2n) is 5.87. The minimum absolute atomic E-state index is 0. The average molecular weight is 377 g/mol. The summed E-state index contributed by atoms with van der Waals surface area (Å²) in [5.41, 5.74) is 1.06. The SMILES string of the molecule is COc1ccc(CCNC(=O)C2(S(C)(=O)=O)CCNCC2)cc1.Cl. The predicted octanol–water partition coefficient (Wildman–Crippen LogP) is 0.943. The van der Waals surface area contributed by atoms with E-state index in [2.05, 4.69) is 10.6 Å². The zero-order valence-electron chi connectivity index (χ0n) is 14.0. The Hall–Kier alpha value is -1.31. The molecular weight excluding hydrogens is 352 g/mol. The third-order valence-corrected chi connectivity index (χ3v) is 6.41. The highest BCUT2D eigenvalue weighted by Crippen LogP contribution is 2.27. The molecular formula is C16H25ClN2O4S. The van der Waals surface area contributed by atoms with Gasteiger partial charge in [-0.2, -0.15) is 0 Å². The lowest BCUT2D eigenvalue weighted by Crippen LogP contribution is -2.57. The number of benzene rings is 1. The van der Waals surface area contributed by atoms with Gasteiger partial charge in [-0.1, -0.05) is 12.1 Å². The molecule has 0 aliphatic carbocycles. The first-order valence-electron chi connectivity index (χ1n) is 7.70. The van der Waals surface area contributed by atoms with Crippen LogP contribution in [0.4, 0.5) is 0 Å². The second-order valence-corrected chi connectivity index (χ2v) is 8.20. The Morgan fingerprint density at radius 1 is 1.25 bits per heavy atom. The fraction of sp³-hybridized carbons (Fsp3) is 0.562. The van der Waals surface area contributed by atoms with Gasteiger partial charge in [0, 0.05) is 12.8 Å². The van der Waals surface area contributed by atoms with E-state index in [1.165, 1.54) is 0 Å². The minimum atomic E-state index is -3.46. The van der Waals surface area contributed by atoms with E-state index in [9.17, 15) is 13.2 Å². The summed E-state index contributed by atoms with van der Waals surface area (Å²) in [7, 11) is -1.85. The van der Waals surface area contributed by atoms with Crippen LogP contribution in [0.1, 0.15) is 18.4 Å². The van der Waals surface area contributed by atoms with Crippen LogP contribution < -0.4 is 15.4 Å². The van der Waals surface area contributed by atoms with Crippen molar-refractivity contribution < 1.29 is 17.9 Å². The van der Waals surface area contributed by atoms with Crippen molar-refractivity contribution in [1.82, 2.24) is 10.6 Å². The lowest BCUT2D eigenvalue weighted by molar-refractivity contribution is -0.124. The first-order chi connectivity index (χ1) is 10.9. The normalized spacial score (nSPS) is 16.8. The Morgan fingerprint density at radius 3 is 2.33 bits per heavy atom. The second kappa shape index (κ2) is 8.69. The summed E-state index contributed by atoms with van der Waals surface area (Å²) in [4.78, 5) is 12.5. The molecule has 6 nitrogen and oxygen atoms in total. The molecule has 2 rings (SSSR count). The third-order valence-electron chi connectivity index (χ3n) is 4.39. The van der Waals surface area contributed by atoms with E-state index in [1.807, 2.05) is 24.3 Å². The van der Waals surface area contributed by atoms with E-state index in [0.29, 0.717) is 38.9 Å². The van der Waals surface area contributed by atoms with E-state index in [1.54, 1.807) is 7.11 Å². The fourth-order valence-electron chi connectivity index (χ4n) is 2.87. The third kappa shape index (κ3) is 4.62. The first-order valence-corrected chi connectivity index (χ1v) is 9.60. The number of methoxy groups -OCH3 is 1. The smallest absolute Gasteiger partial charge is 0.241 e. The van der Waals surface area contributed by atoms with Gasteiger partial charge < -0.3 is 15.4 Å². The number of carbonyl (C=O) groups is 1. The van der Waals surface area contributed by atoms with Gasteiger partial charge in [-0.3, -0.25) is 4.79 Å². The molecule has 1 aromatic carbocycles. The van der Waals surface area contributed by atoms with Crippen molar-refractivity contribution in [2.24, 2.45) is 0 Å². The molecule has 1 heterocycles. The van der Waals surface area contributed by atoms with Crippen molar-refractivity contribution in [2.75, 3.05) is 33.0 Å². The highest BCUT2D eigenvalue weighted by Gasteiger charge is 2.48. The molecule has 1 aliphatic heterocycles. The number of piperidine rings is 1. The topological polar surface area (TPSA) is 84.5 Å². The van der Waals surface area contributed by atoms with Gasteiger partial charge >= 0.3 is 0 Å². The average Bonchev–Trinajstić information content (AvgIpc) is 2.55. The lowest BCUT2D eigenvalue weighted by Gasteiger charge is -2.34. The van der Waals surface area contributed by atoms with Crippen molar-refractivity contribution in [1.29, 1.82) is 0 Å². The standard InChI is InChI=1S/C16H24N2O4S.ClH/c1-22-14-5-3-13(4-6-14)7-10-18-15(19)16(23(2,20)21)8-11-17-12-9-16;/h3-6,17H,7-12H2,1-2H3,(H,18,19);1H. The number of amides is 1. The number of carbonyl (C=O) groups excluding carboxylic acids is 1. The molecule has 24 heavy (non-hydrogen) atoms. The molecule has 1 aliphatic rings. The fourth-order valence-corrected chi connectivity index (χ4v) is 4.23. The molecule has 0 spiro atoms. The van der Waals surface area contributed by atoms with E-state index in [0.717, 1.165) is 17.6 Å². The maximum atomic E-state index is 12.5. The Bertz CT molecular complexity index is 641. The highest BCUT2D eigenvalue weighted by atomic mass is 35.5. The van der Waals surface area contributed by atoms with E-state index < -0.39 is 14.6 Å². The summed E-state index contributed by atoms with van der Waals surface area (Å²) in [5.74, 6) is 0.401. The number of nitrogens with one attached hydrogen (secondary N) is 2. The maximum absolute atomic E-state index is 12.5. The predicted molar refractivity (Wildman–Crippen MR) is 96.6 cm³/mol. The first kappa shape index (κ1) is 20.7. The Balaban J connectivity index is 0.00000288. The maximum Gasteiger partial charge on any atom is 0.241 e. The van der Waals surface area contributed by atoms with Gasteiger partial charge in [-0.25, -0.2) is 8.42 Å². The van der Waals surface area contributed by atoms with Crippen molar-refractivity contribution in [3.05, 3.63) is 29.8 Å². The molecule has 0 saturated carbocycles. The molecule has 1 amide bonds. The van der Waals surface area contributed by atoms with Crippen molar-refractivity contribution in [2.45, 2.75) is 24.0 Å². The minimum Gasteiger partial charge on any atom is -0.497 e. The monoisotopic (exact) mass is 376 g/mol. The van der Waals surface area contributed by atoms with Gasteiger partial charge in [0.15, 0.2) is 14.6 Å². The van der Waals surface area contributed by atoms with Crippen molar-refractivity contribution >= 4 is 28.2 Å². The Kier molecular flexibility index (Phi) is 7.51. The number of rotatable bonds is 6. The molecule has 136 valence electrons. The van der Waals surface area contributed by atoms with E-state index in [4.69, 9.17) is 4.74 Å². The van der Waals surface area contributed by atoms with Crippen LogP contribution in [0.15, 0.2) is 24.3 Å². The number of ether oxygens (including phenoxy) is 1. The largest absolute Gasteiger partial charge is 0.497 e. The summed E-state index contributed by atoms with van der Waals surface area (Å²) >= 11 is 0. The Labute approximate surface area is 149 Å². The number of halogens is 1. The van der Waals surface area contributed by atoms with Crippen LogP contribution >= 0.6 is 12.4 Å². The van der Waals surface area contributed by atoms with Gasteiger partial charge in [0.2, 0.25) is 5.91 Å². The van der Waals surface area contributed by atoms with Gasteiger partial charge in [0.05, 0.1) is 7.11 Å². The van der Waals surface area contributed by atoms with Gasteiger partial charge in [0.25, 0.3) is 0 Å². The Morgan fingerprint density at radius 2 is 1.83 bits per heavy atom. The lowest BCUT2D eigenvalue weighted by atomic mass is 9.95. The zero-order chi connectivity index (χ0) is 16.9. The molecule has 1 saturated heterocycles. The summed E-state index contributed by atoms with van der Waals surface area (Å²) in [5, 5.41) is 5.90. The summed E-state index contributed by atoms with van der Waals surface area (Å²) in [6.45, 7) is 1.49. The van der Waals surface area contributed by atoms with Crippen LogP contribution in [0.25, 0.3) is 0 Å².